The molecule has 1 amide bonds. The third-order valence-corrected chi connectivity index (χ3v) is 6.02. The van der Waals surface area contributed by atoms with E-state index < -0.39 is 5.41 Å². The number of anilines is 3. The van der Waals surface area contributed by atoms with Crippen LogP contribution in [0.1, 0.15) is 18.4 Å². The number of aromatic nitrogens is 3. The van der Waals surface area contributed by atoms with Gasteiger partial charge in [0.25, 0.3) is 0 Å². The quantitative estimate of drug-likeness (QED) is 0.686. The van der Waals surface area contributed by atoms with E-state index in [1.165, 1.54) is 12.1 Å². The molecule has 1 saturated heterocycles. The SMILES string of the molecule is O=C(N1CCN(c2ccc(Nc3ccccn3)nn2)CC1)C1(c2ccc(F)cc2)CC1. The molecule has 3 heterocycles. The van der Waals surface area contributed by atoms with Crippen molar-refractivity contribution in [3.05, 3.63) is 72.2 Å². The van der Waals surface area contributed by atoms with Gasteiger partial charge < -0.3 is 15.1 Å². The van der Waals surface area contributed by atoms with Crippen LogP contribution in [0.3, 0.4) is 0 Å². The van der Waals surface area contributed by atoms with Gasteiger partial charge >= 0.3 is 0 Å². The van der Waals surface area contributed by atoms with Gasteiger partial charge in [-0.05, 0) is 54.8 Å². The molecular weight excluding hydrogens is 395 g/mol. The fourth-order valence-electron chi connectivity index (χ4n) is 4.09. The molecule has 5 rings (SSSR count). The number of benzene rings is 1. The van der Waals surface area contributed by atoms with Gasteiger partial charge in [-0.1, -0.05) is 18.2 Å². The second kappa shape index (κ2) is 7.94. The monoisotopic (exact) mass is 418 g/mol. The van der Waals surface area contributed by atoms with Crippen molar-refractivity contribution >= 4 is 23.4 Å². The van der Waals surface area contributed by atoms with Gasteiger partial charge in [0.2, 0.25) is 5.91 Å². The molecule has 0 spiro atoms. The van der Waals surface area contributed by atoms with E-state index in [-0.39, 0.29) is 11.7 Å². The van der Waals surface area contributed by atoms with E-state index in [2.05, 4.69) is 25.4 Å². The molecule has 1 aliphatic heterocycles. The van der Waals surface area contributed by atoms with Crippen molar-refractivity contribution in [1.82, 2.24) is 20.1 Å². The first-order valence-electron chi connectivity index (χ1n) is 10.5. The minimum atomic E-state index is -0.464. The van der Waals surface area contributed by atoms with Crippen molar-refractivity contribution in [2.45, 2.75) is 18.3 Å². The van der Waals surface area contributed by atoms with Gasteiger partial charge in [0.05, 0.1) is 5.41 Å². The van der Waals surface area contributed by atoms with Crippen molar-refractivity contribution in [1.29, 1.82) is 0 Å². The number of carbonyl (C=O) groups excluding carboxylic acids is 1. The Morgan fingerprint density at radius 1 is 0.903 bits per heavy atom. The summed E-state index contributed by atoms with van der Waals surface area (Å²) in [6, 6.07) is 15.8. The smallest absolute Gasteiger partial charge is 0.233 e. The Balaban J connectivity index is 1.19. The summed E-state index contributed by atoms with van der Waals surface area (Å²) < 4.78 is 13.3. The highest BCUT2D eigenvalue weighted by Gasteiger charge is 2.53. The zero-order valence-electron chi connectivity index (χ0n) is 17.0. The van der Waals surface area contributed by atoms with Gasteiger partial charge in [0.15, 0.2) is 11.6 Å². The van der Waals surface area contributed by atoms with Crippen LogP contribution in [0.5, 0.6) is 0 Å². The van der Waals surface area contributed by atoms with Crippen molar-refractivity contribution in [2.24, 2.45) is 0 Å². The van der Waals surface area contributed by atoms with E-state index in [0.29, 0.717) is 37.8 Å². The number of piperazine rings is 1. The number of pyridine rings is 1. The van der Waals surface area contributed by atoms with Gasteiger partial charge in [-0.25, -0.2) is 9.37 Å². The number of nitrogens with zero attached hydrogens (tertiary/aromatic N) is 5. The Bertz CT molecular complexity index is 1050. The molecule has 1 aliphatic carbocycles. The molecule has 0 unspecified atom stereocenters. The molecule has 3 aromatic rings. The summed E-state index contributed by atoms with van der Waals surface area (Å²) in [6.07, 6.45) is 3.37. The first kappa shape index (κ1) is 19.4. The van der Waals surface area contributed by atoms with Crippen molar-refractivity contribution < 1.29 is 9.18 Å². The van der Waals surface area contributed by atoms with Crippen LogP contribution in [0, 0.1) is 5.82 Å². The molecule has 1 N–H and O–H groups in total. The average Bonchev–Trinajstić information content (AvgIpc) is 3.62. The molecule has 158 valence electrons. The first-order valence-corrected chi connectivity index (χ1v) is 10.5. The standard InChI is InChI=1S/C23H23FN6O/c24-18-6-4-17(5-7-18)23(10-11-23)22(31)30-15-13-29(14-16-30)21-9-8-20(27-28-21)26-19-3-1-2-12-25-19/h1-9,12H,10-11,13-16H2,(H,25,26,27). The largest absolute Gasteiger partial charge is 0.352 e. The van der Waals surface area contributed by atoms with Crippen LogP contribution in [0.25, 0.3) is 0 Å². The Morgan fingerprint density at radius 2 is 1.68 bits per heavy atom. The summed E-state index contributed by atoms with van der Waals surface area (Å²) in [5.74, 6) is 2.01. The van der Waals surface area contributed by atoms with Gasteiger partial charge in [0, 0.05) is 32.4 Å². The minimum Gasteiger partial charge on any atom is -0.352 e. The average molecular weight is 418 g/mol. The van der Waals surface area contributed by atoms with E-state index in [9.17, 15) is 9.18 Å². The van der Waals surface area contributed by atoms with Crippen LogP contribution in [0.15, 0.2) is 60.8 Å². The summed E-state index contributed by atoms with van der Waals surface area (Å²) in [7, 11) is 0. The molecule has 2 aliphatic rings. The molecule has 2 fully saturated rings. The zero-order chi connectivity index (χ0) is 21.3. The summed E-state index contributed by atoms with van der Waals surface area (Å²) in [5.41, 5.74) is 0.456. The molecule has 1 saturated carbocycles. The molecule has 0 bridgehead atoms. The molecule has 8 heteroatoms. The molecule has 1 aromatic carbocycles. The van der Waals surface area contributed by atoms with Crippen LogP contribution < -0.4 is 10.2 Å². The summed E-state index contributed by atoms with van der Waals surface area (Å²) >= 11 is 0. The fraction of sp³-hybridized carbons (Fsp3) is 0.304. The number of carbonyl (C=O) groups is 1. The van der Waals surface area contributed by atoms with Crippen LogP contribution in [0.2, 0.25) is 0 Å². The molecule has 0 radical (unpaired) electrons. The topological polar surface area (TPSA) is 74.2 Å². The molecule has 0 atom stereocenters. The predicted molar refractivity (Wildman–Crippen MR) is 116 cm³/mol. The van der Waals surface area contributed by atoms with Crippen molar-refractivity contribution in [3.63, 3.8) is 0 Å². The van der Waals surface area contributed by atoms with Gasteiger partial charge in [-0.2, -0.15) is 0 Å². The van der Waals surface area contributed by atoms with E-state index in [1.54, 1.807) is 18.3 Å². The van der Waals surface area contributed by atoms with Gasteiger partial charge in [-0.3, -0.25) is 4.79 Å². The van der Waals surface area contributed by atoms with E-state index in [4.69, 9.17) is 0 Å². The number of hydrogen-bond donors (Lipinski definition) is 1. The lowest BCUT2D eigenvalue weighted by atomic mass is 9.94. The predicted octanol–water partition coefficient (Wildman–Crippen LogP) is 3.13. The van der Waals surface area contributed by atoms with Crippen LogP contribution >= 0.6 is 0 Å². The van der Waals surface area contributed by atoms with E-state index in [0.717, 1.165) is 24.2 Å². The van der Waals surface area contributed by atoms with Crippen LogP contribution in [-0.2, 0) is 10.2 Å². The number of amides is 1. The number of rotatable bonds is 5. The molecule has 2 aromatic heterocycles. The molecule has 31 heavy (non-hydrogen) atoms. The Morgan fingerprint density at radius 3 is 2.29 bits per heavy atom. The maximum absolute atomic E-state index is 13.3. The summed E-state index contributed by atoms with van der Waals surface area (Å²) in [4.78, 5) is 21.5. The third kappa shape index (κ3) is 3.93. The first-order chi connectivity index (χ1) is 15.1. The molecular formula is C23H23FN6O. The number of nitrogens with one attached hydrogen (secondary N) is 1. The normalized spacial score (nSPS) is 17.3. The van der Waals surface area contributed by atoms with Gasteiger partial charge in [0.1, 0.15) is 11.6 Å². The summed E-state index contributed by atoms with van der Waals surface area (Å²) in [5, 5.41) is 11.7. The van der Waals surface area contributed by atoms with Crippen molar-refractivity contribution in [2.75, 3.05) is 36.4 Å². The Hall–Kier alpha value is -3.55. The second-order valence-electron chi connectivity index (χ2n) is 7.98. The zero-order valence-corrected chi connectivity index (χ0v) is 17.0. The number of hydrogen-bond acceptors (Lipinski definition) is 6. The van der Waals surface area contributed by atoms with Crippen molar-refractivity contribution in [3.8, 4) is 0 Å². The van der Waals surface area contributed by atoms with Crippen LogP contribution in [-0.4, -0.2) is 52.2 Å². The lowest BCUT2D eigenvalue weighted by molar-refractivity contribution is -0.134. The Kier molecular flexibility index (Phi) is 4.97. The maximum atomic E-state index is 13.3. The maximum Gasteiger partial charge on any atom is 0.233 e. The third-order valence-electron chi connectivity index (χ3n) is 6.02. The highest BCUT2D eigenvalue weighted by molar-refractivity contribution is 5.91. The van der Waals surface area contributed by atoms with Crippen LogP contribution in [0.4, 0.5) is 21.8 Å². The lowest BCUT2D eigenvalue weighted by Crippen LogP contribution is -2.51. The molecule has 7 nitrogen and oxygen atoms in total. The number of halogens is 1. The second-order valence-corrected chi connectivity index (χ2v) is 7.98. The Labute approximate surface area is 179 Å². The fourth-order valence-corrected chi connectivity index (χ4v) is 4.09. The van der Waals surface area contributed by atoms with Gasteiger partial charge in [-0.15, -0.1) is 10.2 Å². The lowest BCUT2D eigenvalue weighted by Gasteiger charge is -2.37. The van der Waals surface area contributed by atoms with E-state index in [1.807, 2.05) is 35.2 Å². The van der Waals surface area contributed by atoms with E-state index >= 15 is 0 Å². The highest BCUT2D eigenvalue weighted by atomic mass is 19.1. The summed E-state index contributed by atoms with van der Waals surface area (Å²) in [6.45, 7) is 2.68. The highest BCUT2D eigenvalue weighted by Crippen LogP contribution is 2.49. The minimum absolute atomic E-state index is 0.153.